The summed E-state index contributed by atoms with van der Waals surface area (Å²) in [5.74, 6) is 0. The molecule has 0 radical (unpaired) electrons. The molecule has 3 nitrogen and oxygen atoms in total. The minimum Gasteiger partial charge on any atom is -0.445 e. The predicted octanol–water partition coefficient (Wildman–Crippen LogP) is 1.61. The number of rotatable bonds is 4. The molecule has 0 amide bonds. The first-order valence-corrected chi connectivity index (χ1v) is 4.83. The predicted molar refractivity (Wildman–Crippen MR) is 61.5 cm³/mol. The molecule has 0 aromatic heterocycles. The van der Waals surface area contributed by atoms with Gasteiger partial charge in [0, 0.05) is 0 Å². The Morgan fingerprint density at radius 1 is 1.47 bits per heavy atom. The van der Waals surface area contributed by atoms with Crippen LogP contribution in [0.5, 0.6) is 0 Å². The van der Waals surface area contributed by atoms with E-state index in [1.807, 2.05) is 19.2 Å². The number of benzene rings is 1. The van der Waals surface area contributed by atoms with Gasteiger partial charge in [-0.05, 0) is 12.5 Å². The van der Waals surface area contributed by atoms with Crippen LogP contribution in [-0.4, -0.2) is 18.0 Å². The Hall–Kier alpha value is -1.77. The van der Waals surface area contributed by atoms with Crippen LogP contribution in [0.15, 0.2) is 36.7 Å². The summed E-state index contributed by atoms with van der Waals surface area (Å²) in [6.07, 6.45) is 4.81. The van der Waals surface area contributed by atoms with Crippen LogP contribution in [0.4, 0.5) is 0 Å². The smallest absolute Gasteiger partial charge is 0.329 e. The van der Waals surface area contributed by atoms with Gasteiger partial charge in [-0.25, -0.2) is 0 Å². The van der Waals surface area contributed by atoms with Crippen LogP contribution in [0.25, 0.3) is 0 Å². The second-order valence-corrected chi connectivity index (χ2v) is 3.41. The molecule has 0 bridgehead atoms. The van der Waals surface area contributed by atoms with Gasteiger partial charge in [0.15, 0.2) is 6.20 Å². The molecular weight excluding hydrogens is 188 g/mol. The van der Waals surface area contributed by atoms with Gasteiger partial charge in [0.1, 0.15) is 13.7 Å². The lowest BCUT2D eigenvalue weighted by Crippen LogP contribution is -2.02. The highest BCUT2D eigenvalue weighted by molar-refractivity contribution is 5.40. The maximum atomic E-state index is 5.38. The molecule has 0 spiro atoms. The summed E-state index contributed by atoms with van der Waals surface area (Å²) in [5.41, 5.74) is 7.64. The summed E-state index contributed by atoms with van der Waals surface area (Å²) in [4.78, 5) is 0. The van der Waals surface area contributed by atoms with E-state index in [9.17, 15) is 0 Å². The molecule has 0 aliphatic heterocycles. The number of hydrogen-bond donors (Lipinski definition) is 1. The van der Waals surface area contributed by atoms with E-state index >= 15 is 0 Å². The standard InChI is InChI=1S/C12H17N2O/c1-11-4-3-5-12(8-11)9-15-10-14(2)7-6-13/h3-8,10H,9,13H2,1-2H3/q+1/b7-6-,14-10?. The number of hydrogen-bond acceptors (Lipinski definition) is 2. The van der Waals surface area contributed by atoms with E-state index in [4.69, 9.17) is 10.5 Å². The summed E-state index contributed by atoms with van der Waals surface area (Å²) in [5, 5.41) is 0. The molecule has 0 saturated heterocycles. The molecule has 80 valence electrons. The first kappa shape index (κ1) is 11.3. The maximum absolute atomic E-state index is 5.38. The highest BCUT2D eigenvalue weighted by Gasteiger charge is 1.94. The highest BCUT2D eigenvalue weighted by atomic mass is 16.5. The fourth-order valence-corrected chi connectivity index (χ4v) is 1.22. The Balaban J connectivity index is 2.47. The van der Waals surface area contributed by atoms with Crippen molar-refractivity contribution in [3.63, 3.8) is 0 Å². The second kappa shape index (κ2) is 5.86. The van der Waals surface area contributed by atoms with Crippen LogP contribution in [0.3, 0.4) is 0 Å². The molecule has 15 heavy (non-hydrogen) atoms. The van der Waals surface area contributed by atoms with Crippen LogP contribution >= 0.6 is 0 Å². The van der Waals surface area contributed by atoms with Gasteiger partial charge in [0.2, 0.25) is 0 Å². The van der Waals surface area contributed by atoms with E-state index in [2.05, 4.69) is 19.1 Å². The molecule has 0 saturated carbocycles. The van der Waals surface area contributed by atoms with Gasteiger partial charge in [-0.2, -0.15) is 4.58 Å². The summed E-state index contributed by atoms with van der Waals surface area (Å²) in [7, 11) is 1.86. The van der Waals surface area contributed by atoms with E-state index in [1.54, 1.807) is 17.2 Å². The van der Waals surface area contributed by atoms with E-state index in [-0.39, 0.29) is 0 Å². The van der Waals surface area contributed by atoms with E-state index in [1.165, 1.54) is 11.8 Å². The number of nitrogens with two attached hydrogens (primary N) is 1. The Bertz CT molecular complexity index is 370. The number of ether oxygens (including phenoxy) is 1. The normalized spacial score (nSPS) is 12.0. The largest absolute Gasteiger partial charge is 0.445 e. The first-order chi connectivity index (χ1) is 7.22. The van der Waals surface area contributed by atoms with Crippen molar-refractivity contribution in [3.05, 3.63) is 47.8 Å². The second-order valence-electron chi connectivity index (χ2n) is 3.41. The monoisotopic (exact) mass is 205 g/mol. The number of nitrogens with zero attached hydrogens (tertiary/aromatic N) is 1. The molecule has 0 atom stereocenters. The lowest BCUT2D eigenvalue weighted by Gasteiger charge is -2.00. The highest BCUT2D eigenvalue weighted by Crippen LogP contribution is 2.04. The van der Waals surface area contributed by atoms with Crippen molar-refractivity contribution in [3.8, 4) is 0 Å². The summed E-state index contributed by atoms with van der Waals surface area (Å²) >= 11 is 0. The molecule has 0 aliphatic rings. The third-order valence-corrected chi connectivity index (χ3v) is 1.89. The quantitative estimate of drug-likeness (QED) is 0.461. The van der Waals surface area contributed by atoms with E-state index in [0.717, 1.165) is 5.56 Å². The number of aryl methyl sites for hydroxylation is 1. The summed E-state index contributed by atoms with van der Waals surface area (Å²) in [6.45, 7) is 2.64. The fourth-order valence-electron chi connectivity index (χ4n) is 1.22. The Kier molecular flexibility index (Phi) is 4.41. The Morgan fingerprint density at radius 3 is 2.93 bits per heavy atom. The van der Waals surface area contributed by atoms with Crippen LogP contribution in [0.2, 0.25) is 0 Å². The molecule has 0 heterocycles. The zero-order valence-corrected chi connectivity index (χ0v) is 9.18. The van der Waals surface area contributed by atoms with Gasteiger partial charge in [-0.1, -0.05) is 29.8 Å². The topological polar surface area (TPSA) is 38.3 Å². The summed E-state index contributed by atoms with van der Waals surface area (Å²) in [6, 6.07) is 8.24. The third-order valence-electron chi connectivity index (χ3n) is 1.89. The SMILES string of the molecule is Cc1cccc(COC=[N+](C)/C=C\N)c1. The molecule has 1 rings (SSSR count). The Morgan fingerprint density at radius 2 is 2.27 bits per heavy atom. The first-order valence-electron chi connectivity index (χ1n) is 4.83. The van der Waals surface area contributed by atoms with Gasteiger partial charge >= 0.3 is 6.40 Å². The molecule has 1 aromatic rings. The van der Waals surface area contributed by atoms with Gasteiger partial charge in [0.05, 0.1) is 6.20 Å². The molecular formula is C12H17N2O+. The zero-order chi connectivity index (χ0) is 11.1. The van der Waals surface area contributed by atoms with Crippen molar-refractivity contribution in [2.75, 3.05) is 7.05 Å². The summed E-state index contributed by atoms with van der Waals surface area (Å²) < 4.78 is 7.14. The van der Waals surface area contributed by atoms with Crippen molar-refractivity contribution >= 4 is 6.40 Å². The van der Waals surface area contributed by atoms with Crippen molar-refractivity contribution in [2.24, 2.45) is 5.73 Å². The van der Waals surface area contributed by atoms with E-state index in [0.29, 0.717) is 6.61 Å². The average molecular weight is 205 g/mol. The maximum Gasteiger partial charge on any atom is 0.329 e. The van der Waals surface area contributed by atoms with Crippen LogP contribution in [0.1, 0.15) is 11.1 Å². The minimum atomic E-state index is 0.574. The molecule has 0 aliphatic carbocycles. The van der Waals surface area contributed by atoms with Gasteiger partial charge in [-0.15, -0.1) is 0 Å². The van der Waals surface area contributed by atoms with Crippen molar-refractivity contribution < 1.29 is 9.31 Å². The van der Waals surface area contributed by atoms with E-state index < -0.39 is 0 Å². The molecule has 3 heteroatoms. The lowest BCUT2D eigenvalue weighted by atomic mass is 10.1. The third kappa shape index (κ3) is 4.31. The fraction of sp³-hybridized carbons (Fsp3) is 0.250. The Labute approximate surface area is 90.5 Å². The molecule has 1 aromatic carbocycles. The van der Waals surface area contributed by atoms with Crippen LogP contribution in [-0.2, 0) is 11.3 Å². The lowest BCUT2D eigenvalue weighted by molar-refractivity contribution is -0.427. The minimum absolute atomic E-state index is 0.574. The molecule has 2 N–H and O–H groups in total. The van der Waals surface area contributed by atoms with Gasteiger partial charge in [-0.3, -0.25) is 0 Å². The van der Waals surface area contributed by atoms with Crippen LogP contribution < -0.4 is 5.73 Å². The zero-order valence-electron chi connectivity index (χ0n) is 9.18. The van der Waals surface area contributed by atoms with Gasteiger partial charge in [0.25, 0.3) is 0 Å². The average Bonchev–Trinajstić information content (AvgIpc) is 2.18. The van der Waals surface area contributed by atoms with Crippen molar-refractivity contribution in [1.82, 2.24) is 0 Å². The van der Waals surface area contributed by atoms with Crippen molar-refractivity contribution in [2.45, 2.75) is 13.5 Å². The molecule has 0 unspecified atom stereocenters. The molecule has 0 fully saturated rings. The van der Waals surface area contributed by atoms with Crippen LogP contribution in [0, 0.1) is 6.92 Å². The van der Waals surface area contributed by atoms with Crippen molar-refractivity contribution in [1.29, 1.82) is 0 Å². The van der Waals surface area contributed by atoms with Gasteiger partial charge < -0.3 is 10.5 Å².